The molecule has 6 nitrogen and oxygen atoms in total. The summed E-state index contributed by atoms with van der Waals surface area (Å²) in [6.45, 7) is 12.9. The number of carbonyl (C=O) groups excluding carboxylic acids is 1. The van der Waals surface area contributed by atoms with E-state index in [4.69, 9.17) is 0 Å². The number of piperazine rings is 2. The Labute approximate surface area is 157 Å². The fourth-order valence-corrected chi connectivity index (χ4v) is 3.63. The Morgan fingerprint density at radius 2 is 1.54 bits per heavy atom. The maximum absolute atomic E-state index is 12.2. The molecular weight excluding hydrogens is 326 g/mol. The zero-order valence-corrected chi connectivity index (χ0v) is 16.3. The fourth-order valence-electron chi connectivity index (χ4n) is 3.63. The van der Waals surface area contributed by atoms with Crippen LogP contribution in [-0.4, -0.2) is 93.1 Å². The number of anilines is 2. The van der Waals surface area contributed by atoms with Crippen molar-refractivity contribution in [2.45, 2.75) is 13.3 Å². The molecule has 144 valence electrons. The maximum atomic E-state index is 12.2. The van der Waals surface area contributed by atoms with Gasteiger partial charge >= 0.3 is 0 Å². The van der Waals surface area contributed by atoms with Gasteiger partial charge in [0.15, 0.2) is 0 Å². The molecule has 0 unspecified atom stereocenters. The van der Waals surface area contributed by atoms with Crippen molar-refractivity contribution in [3.8, 4) is 0 Å². The van der Waals surface area contributed by atoms with Crippen LogP contribution in [0.3, 0.4) is 0 Å². The Hall–Kier alpha value is -1.63. The van der Waals surface area contributed by atoms with Crippen molar-refractivity contribution in [2.75, 3.05) is 82.7 Å². The Bertz CT molecular complexity index is 560. The Kier molecular flexibility index (Phi) is 6.88. The highest BCUT2D eigenvalue weighted by molar-refractivity contribution is 5.91. The molecule has 0 aromatic heterocycles. The maximum Gasteiger partial charge on any atom is 0.225 e. The lowest BCUT2D eigenvalue weighted by molar-refractivity contribution is -0.116. The molecule has 1 aromatic rings. The average Bonchev–Trinajstić information content (AvgIpc) is 2.68. The van der Waals surface area contributed by atoms with Gasteiger partial charge in [-0.3, -0.25) is 4.79 Å². The molecule has 2 aliphatic heterocycles. The van der Waals surface area contributed by atoms with Crippen LogP contribution in [0.15, 0.2) is 24.3 Å². The van der Waals surface area contributed by atoms with E-state index >= 15 is 0 Å². The fraction of sp³-hybridized carbons (Fsp3) is 0.650. The van der Waals surface area contributed by atoms with Crippen LogP contribution in [0, 0.1) is 0 Å². The normalized spacial score (nSPS) is 20.3. The number of amides is 1. The van der Waals surface area contributed by atoms with Gasteiger partial charge in [0.1, 0.15) is 0 Å². The number of rotatable bonds is 6. The van der Waals surface area contributed by atoms with Crippen molar-refractivity contribution in [1.29, 1.82) is 0 Å². The van der Waals surface area contributed by atoms with Crippen molar-refractivity contribution in [3.63, 3.8) is 0 Å². The van der Waals surface area contributed by atoms with Crippen LogP contribution in [0.5, 0.6) is 0 Å². The minimum Gasteiger partial charge on any atom is -0.369 e. The third-order valence-corrected chi connectivity index (χ3v) is 5.59. The van der Waals surface area contributed by atoms with Crippen LogP contribution >= 0.6 is 0 Å². The second-order valence-electron chi connectivity index (χ2n) is 7.41. The number of hydrogen-bond acceptors (Lipinski definition) is 5. The molecular formula is C20H33N5O. The Morgan fingerprint density at radius 1 is 0.923 bits per heavy atom. The van der Waals surface area contributed by atoms with Crippen LogP contribution in [0.2, 0.25) is 0 Å². The summed E-state index contributed by atoms with van der Waals surface area (Å²) >= 11 is 0. The third-order valence-electron chi connectivity index (χ3n) is 5.59. The van der Waals surface area contributed by atoms with Gasteiger partial charge in [0.2, 0.25) is 5.91 Å². The van der Waals surface area contributed by atoms with E-state index in [-0.39, 0.29) is 5.91 Å². The quantitative estimate of drug-likeness (QED) is 0.832. The van der Waals surface area contributed by atoms with E-state index in [0.29, 0.717) is 6.42 Å². The minimum absolute atomic E-state index is 0.107. The number of nitrogens with zero attached hydrogens (tertiary/aromatic N) is 4. The Morgan fingerprint density at radius 3 is 2.15 bits per heavy atom. The largest absolute Gasteiger partial charge is 0.369 e. The van der Waals surface area contributed by atoms with E-state index in [2.05, 4.69) is 51.0 Å². The topological polar surface area (TPSA) is 42.1 Å². The number of benzene rings is 1. The molecule has 26 heavy (non-hydrogen) atoms. The summed E-state index contributed by atoms with van der Waals surface area (Å²) in [5.74, 6) is 0.107. The summed E-state index contributed by atoms with van der Waals surface area (Å²) in [5, 5.41) is 3.04. The molecule has 0 aliphatic carbocycles. The van der Waals surface area contributed by atoms with E-state index < -0.39 is 0 Å². The second-order valence-corrected chi connectivity index (χ2v) is 7.41. The molecule has 0 bridgehead atoms. The summed E-state index contributed by atoms with van der Waals surface area (Å²) in [4.78, 5) is 21.8. The molecule has 2 heterocycles. The molecule has 0 atom stereocenters. The third kappa shape index (κ3) is 5.43. The van der Waals surface area contributed by atoms with Gasteiger partial charge in [-0.15, -0.1) is 0 Å². The lowest BCUT2D eigenvalue weighted by Gasteiger charge is -2.34. The Balaban J connectivity index is 1.40. The predicted molar refractivity (Wildman–Crippen MR) is 108 cm³/mol. The van der Waals surface area contributed by atoms with Crippen molar-refractivity contribution >= 4 is 17.3 Å². The first-order chi connectivity index (χ1) is 12.6. The van der Waals surface area contributed by atoms with E-state index in [9.17, 15) is 4.79 Å². The molecule has 2 fully saturated rings. The summed E-state index contributed by atoms with van der Waals surface area (Å²) in [6.07, 6.45) is 0.562. The van der Waals surface area contributed by atoms with Crippen molar-refractivity contribution in [1.82, 2.24) is 14.7 Å². The lowest BCUT2D eigenvalue weighted by atomic mass is 10.2. The summed E-state index contributed by atoms with van der Waals surface area (Å²) in [6, 6.07) is 8.27. The van der Waals surface area contributed by atoms with E-state index in [1.54, 1.807) is 0 Å². The van der Waals surface area contributed by atoms with Gasteiger partial charge in [0.25, 0.3) is 0 Å². The summed E-state index contributed by atoms with van der Waals surface area (Å²) in [5.41, 5.74) is 2.13. The van der Waals surface area contributed by atoms with Crippen LogP contribution in [-0.2, 0) is 4.79 Å². The summed E-state index contributed by atoms with van der Waals surface area (Å²) in [7, 11) is 2.17. The predicted octanol–water partition coefficient (Wildman–Crippen LogP) is 1.40. The van der Waals surface area contributed by atoms with Gasteiger partial charge in [-0.1, -0.05) is 6.92 Å². The molecule has 2 aliphatic rings. The zero-order valence-electron chi connectivity index (χ0n) is 16.3. The van der Waals surface area contributed by atoms with Crippen LogP contribution < -0.4 is 10.2 Å². The molecule has 6 heteroatoms. The van der Waals surface area contributed by atoms with Gasteiger partial charge in [-0.25, -0.2) is 0 Å². The first-order valence-electron chi connectivity index (χ1n) is 9.92. The van der Waals surface area contributed by atoms with E-state index in [0.717, 1.165) is 71.1 Å². The SMILES string of the molecule is CCN1CCN(CCC(=O)Nc2ccc(N3CCN(C)CC3)cc2)CC1. The first kappa shape index (κ1) is 19.1. The molecule has 2 saturated heterocycles. The molecule has 1 N–H and O–H groups in total. The van der Waals surface area contributed by atoms with Crippen LogP contribution in [0.1, 0.15) is 13.3 Å². The minimum atomic E-state index is 0.107. The molecule has 1 aromatic carbocycles. The second kappa shape index (κ2) is 9.35. The van der Waals surface area contributed by atoms with Gasteiger partial charge in [-0.05, 0) is 37.9 Å². The van der Waals surface area contributed by atoms with Gasteiger partial charge in [-0.2, -0.15) is 0 Å². The highest BCUT2D eigenvalue weighted by atomic mass is 16.1. The first-order valence-corrected chi connectivity index (χ1v) is 9.92. The lowest BCUT2D eigenvalue weighted by Crippen LogP contribution is -2.46. The molecule has 1 amide bonds. The molecule has 0 saturated carbocycles. The van der Waals surface area contributed by atoms with Gasteiger partial charge < -0.3 is 24.9 Å². The van der Waals surface area contributed by atoms with Gasteiger partial charge in [0.05, 0.1) is 0 Å². The van der Waals surface area contributed by atoms with Crippen LogP contribution in [0.25, 0.3) is 0 Å². The molecule has 0 radical (unpaired) electrons. The van der Waals surface area contributed by atoms with Crippen molar-refractivity contribution in [3.05, 3.63) is 24.3 Å². The smallest absolute Gasteiger partial charge is 0.225 e. The van der Waals surface area contributed by atoms with E-state index in [1.807, 2.05) is 12.1 Å². The van der Waals surface area contributed by atoms with E-state index in [1.165, 1.54) is 5.69 Å². The van der Waals surface area contributed by atoms with Crippen molar-refractivity contribution in [2.24, 2.45) is 0 Å². The monoisotopic (exact) mass is 359 g/mol. The highest BCUT2D eigenvalue weighted by Crippen LogP contribution is 2.19. The zero-order chi connectivity index (χ0) is 18.4. The van der Waals surface area contributed by atoms with Crippen LogP contribution in [0.4, 0.5) is 11.4 Å². The van der Waals surface area contributed by atoms with Gasteiger partial charge in [0, 0.05) is 76.7 Å². The summed E-state index contributed by atoms with van der Waals surface area (Å²) < 4.78 is 0. The van der Waals surface area contributed by atoms with Crippen molar-refractivity contribution < 1.29 is 4.79 Å². The number of carbonyl (C=O) groups is 1. The number of hydrogen-bond donors (Lipinski definition) is 1. The molecule has 3 rings (SSSR count). The number of likely N-dealkylation sites (N-methyl/N-ethyl adjacent to an activating group) is 2. The number of nitrogens with one attached hydrogen (secondary N) is 1. The standard InChI is InChI=1S/C20H33N5O/c1-3-23-12-14-24(15-13-23)9-8-20(26)21-18-4-6-19(7-5-18)25-16-10-22(2)11-17-25/h4-7H,3,8-17H2,1-2H3,(H,21,26). The molecule has 0 spiro atoms. The highest BCUT2D eigenvalue weighted by Gasteiger charge is 2.16. The average molecular weight is 360 g/mol.